The Morgan fingerprint density at radius 3 is 2.14 bits per heavy atom. The van der Waals surface area contributed by atoms with E-state index in [2.05, 4.69) is 5.43 Å². The fraction of sp³-hybridized carbons (Fsp3) is 0. The van der Waals surface area contributed by atoms with Gasteiger partial charge < -0.3 is 11.5 Å². The first kappa shape index (κ1) is 9.85. The Bertz CT molecular complexity index is 338. The van der Waals surface area contributed by atoms with Gasteiger partial charge in [0.15, 0.2) is 0 Å². The molecule has 0 aliphatic rings. The molecule has 1 aromatic carbocycles. The number of nitrogens with zero attached hydrogens (tertiary/aromatic N) is 1. The summed E-state index contributed by atoms with van der Waals surface area (Å²) < 4.78 is 0. The summed E-state index contributed by atoms with van der Waals surface area (Å²) in [6.07, 6.45) is 0. The number of nitrogens with two attached hydrogens (primary N) is 2. The van der Waals surface area contributed by atoms with Crippen LogP contribution in [0.1, 0.15) is 0 Å². The molecule has 1 aromatic rings. The van der Waals surface area contributed by atoms with Gasteiger partial charge in [-0.15, -0.1) is 0 Å². The summed E-state index contributed by atoms with van der Waals surface area (Å²) in [6.45, 7) is 0. The zero-order valence-electron chi connectivity index (χ0n) is 7.31. The molecule has 0 aliphatic heterocycles. The second-order valence-corrected chi connectivity index (χ2v) is 2.49. The first-order chi connectivity index (χ1) is 6.61. The van der Waals surface area contributed by atoms with E-state index in [1.807, 2.05) is 0 Å². The van der Waals surface area contributed by atoms with Crippen LogP contribution in [0.25, 0.3) is 0 Å². The van der Waals surface area contributed by atoms with Crippen molar-refractivity contribution in [1.82, 2.24) is 5.43 Å². The predicted octanol–water partition coefficient (Wildman–Crippen LogP) is 0.155. The van der Waals surface area contributed by atoms with Gasteiger partial charge in [0.1, 0.15) is 0 Å². The van der Waals surface area contributed by atoms with Crippen molar-refractivity contribution in [2.24, 2.45) is 11.5 Å². The third-order valence-corrected chi connectivity index (χ3v) is 1.46. The van der Waals surface area contributed by atoms with Crippen LogP contribution in [0.15, 0.2) is 30.3 Å². The molecule has 0 atom stereocenters. The number of para-hydroxylation sites is 1. The van der Waals surface area contributed by atoms with E-state index in [0.29, 0.717) is 5.69 Å². The van der Waals surface area contributed by atoms with Crippen LogP contribution in [-0.4, -0.2) is 12.1 Å². The highest BCUT2D eigenvalue weighted by molar-refractivity contribution is 5.93. The van der Waals surface area contributed by atoms with E-state index in [1.165, 1.54) is 0 Å². The van der Waals surface area contributed by atoms with Gasteiger partial charge in [-0.1, -0.05) is 18.2 Å². The topological polar surface area (TPSA) is 101 Å². The van der Waals surface area contributed by atoms with Crippen molar-refractivity contribution in [2.75, 3.05) is 5.01 Å². The number of urea groups is 2. The van der Waals surface area contributed by atoms with Crippen LogP contribution in [0.4, 0.5) is 15.3 Å². The molecule has 0 heterocycles. The molecule has 0 bridgehead atoms. The first-order valence-corrected chi connectivity index (χ1v) is 3.82. The third kappa shape index (κ3) is 2.37. The van der Waals surface area contributed by atoms with Gasteiger partial charge in [-0.2, -0.15) is 0 Å². The molecule has 0 radical (unpaired) electrons. The second-order valence-electron chi connectivity index (χ2n) is 2.49. The summed E-state index contributed by atoms with van der Waals surface area (Å²) in [6, 6.07) is 6.73. The largest absolute Gasteiger partial charge is 0.350 e. The zero-order valence-corrected chi connectivity index (χ0v) is 7.31. The van der Waals surface area contributed by atoms with Gasteiger partial charge in [0, 0.05) is 0 Å². The molecule has 0 saturated carbocycles. The van der Waals surface area contributed by atoms with Crippen LogP contribution in [0, 0.1) is 0 Å². The molecule has 0 spiro atoms. The van der Waals surface area contributed by atoms with Crippen LogP contribution in [-0.2, 0) is 0 Å². The summed E-state index contributed by atoms with van der Waals surface area (Å²) in [5.41, 5.74) is 12.4. The second kappa shape index (κ2) is 4.13. The summed E-state index contributed by atoms with van der Waals surface area (Å²) in [5, 5.41) is 0.863. The highest BCUT2D eigenvalue weighted by atomic mass is 16.2. The number of anilines is 1. The van der Waals surface area contributed by atoms with Crippen LogP contribution >= 0.6 is 0 Å². The molecule has 74 valence electrons. The van der Waals surface area contributed by atoms with Gasteiger partial charge in [-0.25, -0.2) is 20.0 Å². The molecule has 0 saturated heterocycles. The highest BCUT2D eigenvalue weighted by Crippen LogP contribution is 2.09. The lowest BCUT2D eigenvalue weighted by Gasteiger charge is -2.19. The van der Waals surface area contributed by atoms with E-state index in [-0.39, 0.29) is 0 Å². The summed E-state index contributed by atoms with van der Waals surface area (Å²) >= 11 is 0. The number of benzene rings is 1. The number of nitrogens with one attached hydrogen (secondary N) is 1. The fourth-order valence-corrected chi connectivity index (χ4v) is 0.934. The van der Waals surface area contributed by atoms with Gasteiger partial charge >= 0.3 is 12.1 Å². The molecule has 14 heavy (non-hydrogen) atoms. The SMILES string of the molecule is NC(=O)NN(C(N)=O)c1ccccc1. The number of carbonyl (C=O) groups is 2. The summed E-state index contributed by atoms with van der Waals surface area (Å²) in [4.78, 5) is 21.5. The van der Waals surface area contributed by atoms with Gasteiger partial charge in [0.25, 0.3) is 0 Å². The molecule has 0 unspecified atom stereocenters. The predicted molar refractivity (Wildman–Crippen MR) is 51.2 cm³/mol. The minimum absolute atomic E-state index is 0.443. The van der Waals surface area contributed by atoms with Gasteiger partial charge in [0.05, 0.1) is 5.69 Å². The van der Waals surface area contributed by atoms with E-state index < -0.39 is 12.1 Å². The number of carbonyl (C=O) groups excluding carboxylic acids is 2. The molecular formula is C8H10N4O2. The molecule has 5 N–H and O–H groups in total. The molecule has 0 aliphatic carbocycles. The van der Waals surface area contributed by atoms with Crippen LogP contribution in [0.3, 0.4) is 0 Å². The Morgan fingerprint density at radius 1 is 1.14 bits per heavy atom. The molecule has 1 rings (SSSR count). The monoisotopic (exact) mass is 194 g/mol. The maximum absolute atomic E-state index is 10.9. The minimum Gasteiger partial charge on any atom is -0.350 e. The fourth-order valence-electron chi connectivity index (χ4n) is 0.934. The molecule has 6 nitrogen and oxygen atoms in total. The molecule has 6 heteroatoms. The molecular weight excluding hydrogens is 184 g/mol. The van der Waals surface area contributed by atoms with Crippen molar-refractivity contribution in [1.29, 1.82) is 0 Å². The van der Waals surface area contributed by atoms with Crippen LogP contribution in [0.5, 0.6) is 0 Å². The number of rotatable bonds is 1. The number of hydrogen-bond acceptors (Lipinski definition) is 2. The lowest BCUT2D eigenvalue weighted by Crippen LogP contribution is -2.51. The normalized spacial score (nSPS) is 9.14. The van der Waals surface area contributed by atoms with E-state index >= 15 is 0 Å². The Morgan fingerprint density at radius 2 is 1.71 bits per heavy atom. The average molecular weight is 194 g/mol. The Kier molecular flexibility index (Phi) is 2.90. The minimum atomic E-state index is -0.854. The first-order valence-electron chi connectivity index (χ1n) is 3.82. The standard InChI is InChI=1S/C8H10N4O2/c9-7(13)11-12(8(10)14)6-4-2-1-3-5-6/h1-5H,(H2,10,14)(H3,9,11,13). The summed E-state index contributed by atoms with van der Waals surface area (Å²) in [5.74, 6) is 0. The lowest BCUT2D eigenvalue weighted by atomic mass is 10.3. The van der Waals surface area contributed by atoms with Gasteiger partial charge in [0.2, 0.25) is 0 Å². The van der Waals surface area contributed by atoms with Crippen molar-refractivity contribution in [3.8, 4) is 0 Å². The third-order valence-electron chi connectivity index (χ3n) is 1.46. The van der Waals surface area contributed by atoms with Crippen molar-refractivity contribution < 1.29 is 9.59 Å². The Hall–Kier alpha value is -2.24. The van der Waals surface area contributed by atoms with E-state index in [9.17, 15) is 9.59 Å². The van der Waals surface area contributed by atoms with E-state index in [0.717, 1.165) is 5.01 Å². The van der Waals surface area contributed by atoms with Crippen LogP contribution in [0.2, 0.25) is 0 Å². The van der Waals surface area contributed by atoms with Crippen molar-refractivity contribution in [3.05, 3.63) is 30.3 Å². The Balaban J connectivity index is 2.89. The lowest BCUT2D eigenvalue weighted by molar-refractivity contribution is 0.240. The van der Waals surface area contributed by atoms with Crippen molar-refractivity contribution in [2.45, 2.75) is 0 Å². The van der Waals surface area contributed by atoms with Gasteiger partial charge in [-0.3, -0.25) is 0 Å². The smallest absolute Gasteiger partial charge is 0.338 e. The Labute approximate surface area is 80.4 Å². The maximum Gasteiger partial charge on any atom is 0.338 e. The summed E-state index contributed by atoms with van der Waals surface area (Å²) in [7, 11) is 0. The molecule has 0 aromatic heterocycles. The number of amides is 4. The van der Waals surface area contributed by atoms with E-state index in [1.54, 1.807) is 30.3 Å². The molecule has 4 amide bonds. The number of hydrazine groups is 1. The van der Waals surface area contributed by atoms with Crippen molar-refractivity contribution in [3.63, 3.8) is 0 Å². The molecule has 0 fully saturated rings. The average Bonchev–Trinajstić information content (AvgIpc) is 2.15. The quantitative estimate of drug-likeness (QED) is 0.554. The van der Waals surface area contributed by atoms with E-state index in [4.69, 9.17) is 11.5 Å². The highest BCUT2D eigenvalue weighted by Gasteiger charge is 2.12. The van der Waals surface area contributed by atoms with Crippen LogP contribution < -0.4 is 21.9 Å². The maximum atomic E-state index is 10.9. The van der Waals surface area contributed by atoms with Gasteiger partial charge in [-0.05, 0) is 12.1 Å². The zero-order chi connectivity index (χ0) is 10.6. The van der Waals surface area contributed by atoms with Crippen molar-refractivity contribution >= 4 is 17.7 Å². The number of primary amides is 2. The number of hydrogen-bond donors (Lipinski definition) is 3.